The molecule has 2 aromatic heterocycles. The molecule has 11 nitrogen and oxygen atoms in total. The summed E-state index contributed by atoms with van der Waals surface area (Å²) < 4.78 is 1.48. The first-order valence-electron chi connectivity index (χ1n) is 27.1. The second kappa shape index (κ2) is 37.8. The van der Waals surface area contributed by atoms with Crippen LogP contribution in [0.15, 0.2) is 173 Å². The van der Waals surface area contributed by atoms with Crippen molar-refractivity contribution in [2.24, 2.45) is 27.6 Å². The summed E-state index contributed by atoms with van der Waals surface area (Å²) >= 11 is 0. The molecule has 0 fully saturated rings. The first kappa shape index (κ1) is 70.1. The van der Waals surface area contributed by atoms with Crippen LogP contribution in [0.5, 0.6) is 0 Å². The first-order chi connectivity index (χ1) is 37.5. The van der Waals surface area contributed by atoms with E-state index in [-0.39, 0.29) is 39.5 Å². The summed E-state index contributed by atoms with van der Waals surface area (Å²) in [6.07, 6.45) is 22.8. The molecule has 11 heteroatoms. The molecule has 6 aromatic rings. The number of H-pyrrole nitrogens is 1. The smallest absolute Gasteiger partial charge is 0.259 e. The Balaban J connectivity index is 0.000000652. The minimum Gasteiger partial charge on any atom is -0.360 e. The Kier molecular flexibility index (Phi) is 33.1. The van der Waals surface area contributed by atoms with Crippen molar-refractivity contribution in [3.05, 3.63) is 213 Å². The highest BCUT2D eigenvalue weighted by atomic mass is 16.1. The van der Waals surface area contributed by atoms with Gasteiger partial charge in [-0.1, -0.05) is 181 Å². The molecule has 3 heterocycles. The molecule has 0 saturated carbocycles. The lowest BCUT2D eigenvalue weighted by molar-refractivity contribution is -0.116. The number of azo groups is 1. The molecule has 2 aliphatic rings. The Morgan fingerprint density at radius 1 is 0.625 bits per heavy atom. The van der Waals surface area contributed by atoms with Gasteiger partial charge in [0.2, 0.25) is 0 Å². The maximum absolute atomic E-state index is 13.4. The van der Waals surface area contributed by atoms with E-state index in [0.717, 1.165) is 108 Å². The number of benzene rings is 4. The predicted molar refractivity (Wildman–Crippen MR) is 340 cm³/mol. The number of carbonyl (C=O) groups is 1. The summed E-state index contributed by atoms with van der Waals surface area (Å²) in [5.41, 5.74) is 23.0. The highest BCUT2D eigenvalue weighted by molar-refractivity contribution is 6.03. The third-order valence-corrected chi connectivity index (χ3v) is 13.4. The summed E-state index contributed by atoms with van der Waals surface area (Å²) in [4.78, 5) is 29.4. The molecule has 1 atom stereocenters. The summed E-state index contributed by atoms with van der Waals surface area (Å²) in [7, 11) is 3.00. The molecule has 0 amide bonds. The number of unbranched alkanes of at least 4 members (excludes halogenated alkanes) is 10. The lowest BCUT2D eigenvalue weighted by atomic mass is 9.95. The van der Waals surface area contributed by atoms with E-state index >= 15 is 0 Å². The highest BCUT2D eigenvalue weighted by Gasteiger charge is 2.34. The minimum absolute atomic E-state index is 0. The van der Waals surface area contributed by atoms with Gasteiger partial charge in [0.25, 0.3) is 5.56 Å². The minimum atomic E-state index is -0.350. The Bertz CT molecular complexity index is 3160. The summed E-state index contributed by atoms with van der Waals surface area (Å²) in [6, 6.07) is 38.1. The number of rotatable bonds is 20. The molecule has 8 rings (SSSR count). The SMILES string of the molecule is C.C.C.C=CCCCCCCCC1=CC(=O)C2C=C(c3ccccc3)C(C#N)=C2N1.C=CCCCCCCCc1cc(=O)n2c(N=Nc3ccc(C)cc3C)c(-c3ccccc3)c(C#N)c2[nH]1.CN.CN.Cc1ccc(C)c(C)c1. The van der Waals surface area contributed by atoms with E-state index in [0.29, 0.717) is 28.2 Å². The van der Waals surface area contributed by atoms with Crippen molar-refractivity contribution in [1.82, 2.24) is 14.7 Å². The Morgan fingerprint density at radius 2 is 1.16 bits per heavy atom. The van der Waals surface area contributed by atoms with Crippen molar-refractivity contribution in [2.75, 3.05) is 14.1 Å². The van der Waals surface area contributed by atoms with Gasteiger partial charge in [-0.3, -0.25) is 9.59 Å². The standard InChI is InChI=1S/C31H33N5O.C24H26N2O.C9H12.2CH5N.3CH4/c1-4-5-6-7-8-9-13-16-25-20-28(37)36-30(33-25)26(21-32)29(24-14-11-10-12-15-24)31(36)35-34-27-18-17-22(2)19-23(27)3;1-2-3-4-5-6-7-11-14-19-15-23(27)21-16-20(18-12-9-8-10-13-18)22(17-25)24(21)26-19;1-7-4-5-8(2)9(3)6-7;2*1-2;;;/h4,10-12,14-15,17-20,33H,1,5-9,13,16H2,2-3H3;2,8-10,12-13,15-16,21,26H,1,3-7,11,14H2;4-6H,1-3H3;2*2H2,1H3;3*1H4. The van der Waals surface area contributed by atoms with Gasteiger partial charge in [0.1, 0.15) is 23.3 Å². The molecular formula is C69H93N9O2. The van der Waals surface area contributed by atoms with Crippen LogP contribution in [0.3, 0.4) is 0 Å². The average Bonchev–Trinajstić information content (AvgIpc) is 4.03. The van der Waals surface area contributed by atoms with Crippen molar-refractivity contribution in [3.8, 4) is 23.3 Å². The van der Waals surface area contributed by atoms with Gasteiger partial charge < -0.3 is 21.8 Å². The Labute approximate surface area is 480 Å². The quantitative estimate of drug-likeness (QED) is 0.0332. The van der Waals surface area contributed by atoms with E-state index in [1.807, 2.05) is 111 Å². The maximum Gasteiger partial charge on any atom is 0.259 e. The molecule has 426 valence electrons. The topological polar surface area (TPSA) is 191 Å². The molecule has 6 N–H and O–H groups in total. The van der Waals surface area contributed by atoms with Crippen LogP contribution in [-0.2, 0) is 11.2 Å². The van der Waals surface area contributed by atoms with Gasteiger partial charge in [0.05, 0.1) is 17.2 Å². The number of nitrogens with one attached hydrogen (secondary N) is 2. The largest absolute Gasteiger partial charge is 0.360 e. The van der Waals surface area contributed by atoms with Gasteiger partial charge >= 0.3 is 0 Å². The van der Waals surface area contributed by atoms with Gasteiger partial charge in [-0.05, 0) is 140 Å². The number of hydrogen-bond donors (Lipinski definition) is 4. The molecule has 0 spiro atoms. The monoisotopic (exact) mass is 1080 g/mol. The third kappa shape index (κ3) is 20.0. The number of nitriles is 2. The fraction of sp³-hybridized carbons (Fsp3) is 0.362. The van der Waals surface area contributed by atoms with Gasteiger partial charge in [0, 0.05) is 34.8 Å². The van der Waals surface area contributed by atoms with Crippen molar-refractivity contribution >= 4 is 28.5 Å². The van der Waals surface area contributed by atoms with Crippen molar-refractivity contribution in [3.63, 3.8) is 0 Å². The van der Waals surface area contributed by atoms with Crippen LogP contribution in [0, 0.1) is 63.2 Å². The number of nitrogens with two attached hydrogens (primary N) is 2. The first-order valence-corrected chi connectivity index (χ1v) is 27.1. The number of aryl methyl sites for hydroxylation is 6. The van der Waals surface area contributed by atoms with E-state index in [1.165, 1.54) is 67.3 Å². The van der Waals surface area contributed by atoms with Gasteiger partial charge in [-0.15, -0.1) is 23.4 Å². The molecule has 4 aromatic carbocycles. The van der Waals surface area contributed by atoms with Gasteiger partial charge in [-0.25, -0.2) is 4.40 Å². The molecule has 1 unspecified atom stereocenters. The number of ketones is 1. The fourth-order valence-corrected chi connectivity index (χ4v) is 9.27. The second-order valence-corrected chi connectivity index (χ2v) is 19.2. The summed E-state index contributed by atoms with van der Waals surface area (Å²) in [5, 5.41) is 32.3. The van der Waals surface area contributed by atoms with E-state index in [2.05, 4.69) is 96.3 Å². The average molecular weight is 1080 g/mol. The second-order valence-electron chi connectivity index (χ2n) is 19.2. The zero-order valence-electron chi connectivity index (χ0n) is 46.7. The molecular weight excluding hydrogens is 987 g/mol. The molecule has 0 bridgehead atoms. The normalized spacial score (nSPS) is 12.6. The highest BCUT2D eigenvalue weighted by Crippen LogP contribution is 2.40. The van der Waals surface area contributed by atoms with Crippen LogP contribution >= 0.6 is 0 Å². The van der Waals surface area contributed by atoms with Crippen LogP contribution in [0.1, 0.15) is 150 Å². The number of nitrogens with zero attached hydrogens (tertiary/aromatic N) is 5. The third-order valence-electron chi connectivity index (χ3n) is 13.4. The van der Waals surface area contributed by atoms with Crippen molar-refractivity contribution < 1.29 is 4.79 Å². The maximum atomic E-state index is 13.4. The van der Waals surface area contributed by atoms with E-state index in [9.17, 15) is 20.1 Å². The Morgan fingerprint density at radius 3 is 1.70 bits per heavy atom. The van der Waals surface area contributed by atoms with Crippen LogP contribution in [0.25, 0.3) is 22.3 Å². The van der Waals surface area contributed by atoms with Crippen LogP contribution < -0.4 is 22.3 Å². The van der Waals surface area contributed by atoms with Gasteiger partial charge in [0.15, 0.2) is 11.6 Å². The molecule has 0 radical (unpaired) electrons. The number of aromatic amines is 1. The zero-order chi connectivity index (χ0) is 56.1. The van der Waals surface area contributed by atoms with E-state index in [1.54, 1.807) is 12.1 Å². The lowest BCUT2D eigenvalue weighted by Gasteiger charge is -2.22. The van der Waals surface area contributed by atoms with Gasteiger partial charge in [-0.2, -0.15) is 10.5 Å². The van der Waals surface area contributed by atoms with E-state index in [4.69, 9.17) is 0 Å². The molecule has 1 aliphatic heterocycles. The summed E-state index contributed by atoms with van der Waals surface area (Å²) in [6.45, 7) is 17.9. The lowest BCUT2D eigenvalue weighted by Crippen LogP contribution is -2.29. The number of carbonyl (C=O) groups excluding carboxylic acids is 1. The molecule has 1 aliphatic carbocycles. The van der Waals surface area contributed by atoms with Crippen molar-refractivity contribution in [1.29, 1.82) is 10.5 Å². The number of hydrogen-bond acceptors (Lipinski definition) is 9. The van der Waals surface area contributed by atoms with Crippen LogP contribution in [-0.4, -0.2) is 29.3 Å². The summed E-state index contributed by atoms with van der Waals surface area (Å²) in [5.74, 6) is 0.0775. The van der Waals surface area contributed by atoms with Crippen molar-refractivity contribution in [2.45, 2.75) is 147 Å². The predicted octanol–water partition coefficient (Wildman–Crippen LogP) is 17.4. The van der Waals surface area contributed by atoms with Crippen LogP contribution in [0.4, 0.5) is 11.5 Å². The number of allylic oxidation sites excluding steroid dienone is 7. The van der Waals surface area contributed by atoms with Crippen LogP contribution in [0.2, 0.25) is 0 Å². The fourth-order valence-electron chi connectivity index (χ4n) is 9.27. The number of aromatic nitrogens is 2. The molecule has 80 heavy (non-hydrogen) atoms. The Hall–Kier alpha value is -7.96. The molecule has 0 saturated heterocycles. The van der Waals surface area contributed by atoms with E-state index < -0.39 is 0 Å². The zero-order valence-corrected chi connectivity index (χ0v) is 46.7. The number of fused-ring (bicyclic) bond motifs is 2.